The second-order valence-corrected chi connectivity index (χ2v) is 9.21. The van der Waals surface area contributed by atoms with Gasteiger partial charge in [0.1, 0.15) is 11.4 Å². The van der Waals surface area contributed by atoms with Crippen molar-refractivity contribution in [3.8, 4) is 11.8 Å². The van der Waals surface area contributed by atoms with Crippen molar-refractivity contribution < 1.29 is 14.6 Å². The maximum absolute atomic E-state index is 14.0. The molecule has 1 fully saturated rings. The molecule has 156 valence electrons. The quantitative estimate of drug-likeness (QED) is 0.711. The molecule has 0 bridgehead atoms. The van der Waals surface area contributed by atoms with Crippen molar-refractivity contribution in [3.63, 3.8) is 0 Å². The summed E-state index contributed by atoms with van der Waals surface area (Å²) in [5.74, 6) is 5.71. The Hall–Kier alpha value is -1.75. The smallest absolute Gasteiger partial charge is 0.127 e. The van der Waals surface area contributed by atoms with Gasteiger partial charge in [0.15, 0.2) is 0 Å². The van der Waals surface area contributed by atoms with Crippen molar-refractivity contribution in [2.45, 2.75) is 45.0 Å². The summed E-state index contributed by atoms with van der Waals surface area (Å²) in [6, 6.07) is 11.2. The third kappa shape index (κ3) is 6.63. The van der Waals surface area contributed by atoms with E-state index in [1.54, 1.807) is 31.3 Å². The minimum Gasteiger partial charge on any atom is -0.396 e. The Balaban J connectivity index is 1.61. The van der Waals surface area contributed by atoms with Crippen LogP contribution < -0.4 is 0 Å². The van der Waals surface area contributed by atoms with Crippen molar-refractivity contribution in [2.24, 2.45) is 0 Å². The van der Waals surface area contributed by atoms with Crippen molar-refractivity contribution in [2.75, 3.05) is 26.2 Å². The van der Waals surface area contributed by atoms with Crippen LogP contribution in [0.25, 0.3) is 0 Å². The monoisotopic (exact) mass is 416 g/mol. The molecule has 2 aromatic rings. The van der Waals surface area contributed by atoms with Crippen LogP contribution in [0.2, 0.25) is 0 Å². The number of rotatable bonds is 6. The van der Waals surface area contributed by atoms with Crippen molar-refractivity contribution in [1.82, 2.24) is 9.80 Å². The Labute approximate surface area is 176 Å². The Bertz CT molecular complexity index is 865. The molecular weight excluding hydrogens is 387 g/mol. The Kier molecular flexibility index (Phi) is 7.44. The Morgan fingerprint density at radius 1 is 1.17 bits per heavy atom. The van der Waals surface area contributed by atoms with Gasteiger partial charge in [-0.25, -0.2) is 4.39 Å². The van der Waals surface area contributed by atoms with Crippen LogP contribution >= 0.6 is 11.3 Å². The molecule has 0 aliphatic carbocycles. The predicted octanol–water partition coefficient (Wildman–Crippen LogP) is 3.08. The zero-order valence-electron chi connectivity index (χ0n) is 17.1. The molecule has 1 aliphatic heterocycles. The number of benzene rings is 1. The van der Waals surface area contributed by atoms with Crippen LogP contribution in [0, 0.1) is 17.7 Å². The van der Waals surface area contributed by atoms with Crippen molar-refractivity contribution in [1.29, 1.82) is 0 Å². The minimum atomic E-state index is -0.990. The van der Waals surface area contributed by atoms with E-state index in [4.69, 9.17) is 0 Å². The highest BCUT2D eigenvalue weighted by Gasteiger charge is 2.27. The van der Waals surface area contributed by atoms with Crippen LogP contribution in [-0.4, -0.2) is 57.9 Å². The zero-order valence-corrected chi connectivity index (χ0v) is 17.9. The zero-order chi connectivity index (χ0) is 20.9. The van der Waals surface area contributed by atoms with Gasteiger partial charge in [0.05, 0.1) is 4.88 Å². The summed E-state index contributed by atoms with van der Waals surface area (Å²) in [5, 5.41) is 19.3. The first-order valence-corrected chi connectivity index (χ1v) is 10.8. The first-order valence-electron chi connectivity index (χ1n) is 9.99. The molecule has 29 heavy (non-hydrogen) atoms. The average molecular weight is 417 g/mol. The Morgan fingerprint density at radius 2 is 1.97 bits per heavy atom. The molecule has 0 saturated carbocycles. The van der Waals surface area contributed by atoms with E-state index in [2.05, 4.69) is 27.7 Å². The summed E-state index contributed by atoms with van der Waals surface area (Å²) in [6.07, 6.45) is 0.678. The van der Waals surface area contributed by atoms with Gasteiger partial charge in [-0.3, -0.25) is 9.80 Å². The van der Waals surface area contributed by atoms with Crippen LogP contribution in [-0.2, 0) is 13.1 Å². The van der Waals surface area contributed by atoms with Crippen LogP contribution in [0.4, 0.5) is 4.39 Å². The van der Waals surface area contributed by atoms with Gasteiger partial charge < -0.3 is 10.2 Å². The maximum atomic E-state index is 14.0. The summed E-state index contributed by atoms with van der Waals surface area (Å²) >= 11 is 1.65. The number of aliphatic hydroxyl groups is 2. The molecule has 0 unspecified atom stereocenters. The summed E-state index contributed by atoms with van der Waals surface area (Å²) in [5.41, 5.74) is -0.284. The third-order valence-corrected chi connectivity index (χ3v) is 6.00. The highest BCUT2D eigenvalue weighted by molar-refractivity contribution is 7.12. The number of nitrogens with zero attached hydrogens (tertiary/aromatic N) is 2. The van der Waals surface area contributed by atoms with Gasteiger partial charge in [0.25, 0.3) is 0 Å². The molecule has 1 saturated heterocycles. The van der Waals surface area contributed by atoms with E-state index in [1.807, 2.05) is 18.2 Å². The first kappa shape index (κ1) is 21.9. The Morgan fingerprint density at radius 3 is 2.69 bits per heavy atom. The van der Waals surface area contributed by atoms with Crippen molar-refractivity contribution >= 4 is 11.3 Å². The fraction of sp³-hybridized carbons (Fsp3) is 0.478. The van der Waals surface area contributed by atoms with E-state index < -0.39 is 5.60 Å². The topological polar surface area (TPSA) is 46.9 Å². The van der Waals surface area contributed by atoms with E-state index in [1.165, 1.54) is 10.9 Å². The molecule has 1 aromatic heterocycles. The molecule has 4 nitrogen and oxygen atoms in total. The second-order valence-electron chi connectivity index (χ2n) is 8.04. The minimum absolute atomic E-state index is 0.127. The van der Waals surface area contributed by atoms with E-state index in [-0.39, 0.29) is 18.5 Å². The lowest BCUT2D eigenvalue weighted by Gasteiger charge is -2.41. The molecule has 6 heteroatoms. The van der Waals surface area contributed by atoms with E-state index >= 15 is 0 Å². The average Bonchev–Trinajstić information content (AvgIpc) is 3.11. The second kappa shape index (κ2) is 9.84. The number of aliphatic hydroxyl groups excluding tert-OH is 1. The van der Waals surface area contributed by atoms with Gasteiger partial charge in [-0.15, -0.1) is 11.3 Å². The number of thiophene rings is 1. The molecule has 1 atom stereocenters. The van der Waals surface area contributed by atoms with Crippen LogP contribution in [0.1, 0.15) is 35.6 Å². The lowest BCUT2D eigenvalue weighted by molar-refractivity contribution is 0.0498. The SMILES string of the molecule is CC(C)(O)C#Cc1ccc(CN2CCN(Cc3ccccc3F)[C@H](CCO)C2)s1. The van der Waals surface area contributed by atoms with E-state index in [0.717, 1.165) is 31.1 Å². The fourth-order valence-electron chi connectivity index (χ4n) is 3.54. The van der Waals surface area contributed by atoms with Crippen LogP contribution in [0.5, 0.6) is 0 Å². The third-order valence-electron chi connectivity index (χ3n) is 5.02. The number of halogens is 1. The van der Waals surface area contributed by atoms with Gasteiger partial charge >= 0.3 is 0 Å². The molecule has 2 heterocycles. The molecule has 0 amide bonds. The largest absolute Gasteiger partial charge is 0.396 e. The van der Waals surface area contributed by atoms with Gasteiger partial charge in [0, 0.05) is 55.8 Å². The van der Waals surface area contributed by atoms with E-state index in [9.17, 15) is 14.6 Å². The molecule has 3 rings (SSSR count). The van der Waals surface area contributed by atoms with Gasteiger partial charge in [-0.2, -0.15) is 0 Å². The summed E-state index contributed by atoms with van der Waals surface area (Å²) in [6.45, 7) is 7.48. The van der Waals surface area contributed by atoms with Crippen LogP contribution in [0.15, 0.2) is 36.4 Å². The van der Waals surface area contributed by atoms with Gasteiger partial charge in [0.2, 0.25) is 0 Å². The summed E-state index contributed by atoms with van der Waals surface area (Å²) < 4.78 is 14.0. The highest BCUT2D eigenvalue weighted by Crippen LogP contribution is 2.22. The standard InChI is InChI=1S/C23H29FN2O2S/c1-23(2,28)11-9-20-7-8-21(29-20)17-25-12-13-26(19(16-25)10-14-27)15-18-5-3-4-6-22(18)24/h3-8,19,27-28H,10,12-17H2,1-2H3/t19-/m1/s1. The normalized spacial score (nSPS) is 18.4. The lowest BCUT2D eigenvalue weighted by Crippen LogP contribution is -2.52. The number of hydrogen-bond acceptors (Lipinski definition) is 5. The molecule has 2 N–H and O–H groups in total. The lowest BCUT2D eigenvalue weighted by atomic mass is 10.1. The predicted molar refractivity (Wildman–Crippen MR) is 115 cm³/mol. The van der Waals surface area contributed by atoms with Gasteiger partial charge in [-0.1, -0.05) is 30.0 Å². The molecule has 1 aromatic carbocycles. The molecule has 0 spiro atoms. The summed E-state index contributed by atoms with van der Waals surface area (Å²) in [7, 11) is 0. The fourth-order valence-corrected chi connectivity index (χ4v) is 4.45. The molecule has 1 aliphatic rings. The maximum Gasteiger partial charge on any atom is 0.127 e. The van der Waals surface area contributed by atoms with Crippen molar-refractivity contribution in [3.05, 3.63) is 57.5 Å². The first-order chi connectivity index (χ1) is 13.8. The number of piperazine rings is 1. The molecular formula is C23H29FN2O2S. The molecule has 0 radical (unpaired) electrons. The number of hydrogen-bond donors (Lipinski definition) is 2. The van der Waals surface area contributed by atoms with E-state index in [0.29, 0.717) is 18.5 Å². The highest BCUT2D eigenvalue weighted by atomic mass is 32.1. The van der Waals surface area contributed by atoms with Gasteiger partial charge in [-0.05, 0) is 38.5 Å². The van der Waals surface area contributed by atoms with Crippen LogP contribution in [0.3, 0.4) is 0 Å². The summed E-state index contributed by atoms with van der Waals surface area (Å²) in [4.78, 5) is 6.85.